The van der Waals surface area contributed by atoms with Crippen LogP contribution in [0.25, 0.3) is 0 Å². The van der Waals surface area contributed by atoms with Crippen molar-refractivity contribution in [1.29, 1.82) is 0 Å². The number of thiocarbonyl (C=S) groups is 1. The fourth-order valence-corrected chi connectivity index (χ4v) is 2.82. The third-order valence-electron chi connectivity index (χ3n) is 3.52. The highest BCUT2D eigenvalue weighted by Gasteiger charge is 2.23. The van der Waals surface area contributed by atoms with Crippen LogP contribution >= 0.6 is 35.4 Å². The molecule has 0 spiro atoms. The number of amides is 1. The van der Waals surface area contributed by atoms with Crippen LogP contribution in [0.2, 0.25) is 10.0 Å². The highest BCUT2D eigenvalue weighted by Crippen LogP contribution is 2.22. The van der Waals surface area contributed by atoms with Crippen LogP contribution in [-0.4, -0.2) is 53.8 Å². The van der Waals surface area contributed by atoms with Gasteiger partial charge in [0.25, 0.3) is 0 Å². The molecule has 23 heavy (non-hydrogen) atoms. The number of rotatable bonds is 3. The van der Waals surface area contributed by atoms with Crippen molar-refractivity contribution in [2.45, 2.75) is 13.5 Å². The lowest BCUT2D eigenvalue weighted by atomic mass is 10.2. The second kappa shape index (κ2) is 8.57. The average molecular weight is 376 g/mol. The van der Waals surface area contributed by atoms with E-state index in [0.717, 1.165) is 5.56 Å². The van der Waals surface area contributed by atoms with Gasteiger partial charge in [-0.05, 0) is 36.8 Å². The van der Waals surface area contributed by atoms with Gasteiger partial charge in [0.2, 0.25) is 0 Å². The van der Waals surface area contributed by atoms with Gasteiger partial charge in [0.1, 0.15) is 0 Å². The standard InChI is InChI=1S/C15H19Cl2N3O2S/c1-2-22-15(21)20-7-5-19(6-8-20)14(23)18-10-11-3-4-12(16)13(17)9-11/h3-4,9H,2,5-8,10H2,1H3,(H,18,23). The van der Waals surface area contributed by atoms with Gasteiger partial charge in [-0.25, -0.2) is 4.79 Å². The molecule has 1 amide bonds. The number of hydrogen-bond donors (Lipinski definition) is 1. The van der Waals surface area contributed by atoms with Crippen LogP contribution in [0.4, 0.5) is 4.79 Å². The minimum Gasteiger partial charge on any atom is -0.450 e. The zero-order chi connectivity index (χ0) is 16.8. The summed E-state index contributed by atoms with van der Waals surface area (Å²) in [6, 6.07) is 5.49. The Morgan fingerprint density at radius 2 is 1.87 bits per heavy atom. The number of nitrogens with zero attached hydrogens (tertiary/aromatic N) is 2. The summed E-state index contributed by atoms with van der Waals surface area (Å²) in [5.41, 5.74) is 1.01. The fourth-order valence-electron chi connectivity index (χ4n) is 2.25. The summed E-state index contributed by atoms with van der Waals surface area (Å²) < 4.78 is 5.00. The van der Waals surface area contributed by atoms with E-state index in [2.05, 4.69) is 5.32 Å². The van der Waals surface area contributed by atoms with Crippen molar-refractivity contribution < 1.29 is 9.53 Å². The molecule has 1 aliphatic heterocycles. The van der Waals surface area contributed by atoms with Gasteiger partial charge in [-0.3, -0.25) is 0 Å². The van der Waals surface area contributed by atoms with Crippen molar-refractivity contribution in [3.63, 3.8) is 0 Å². The molecule has 1 aromatic carbocycles. The van der Waals surface area contributed by atoms with Gasteiger partial charge in [-0.1, -0.05) is 29.3 Å². The van der Waals surface area contributed by atoms with Crippen molar-refractivity contribution >= 4 is 46.6 Å². The Hall–Kier alpha value is -1.24. The van der Waals surface area contributed by atoms with Crippen LogP contribution in [0.15, 0.2) is 18.2 Å². The van der Waals surface area contributed by atoms with E-state index in [0.29, 0.717) is 54.5 Å². The molecule has 0 saturated carbocycles. The van der Waals surface area contributed by atoms with E-state index in [4.69, 9.17) is 40.2 Å². The minimum atomic E-state index is -0.262. The Balaban J connectivity index is 1.79. The van der Waals surface area contributed by atoms with Crippen LogP contribution < -0.4 is 5.32 Å². The molecule has 0 aliphatic carbocycles. The summed E-state index contributed by atoms with van der Waals surface area (Å²) in [6.45, 7) is 5.35. The normalized spacial score (nSPS) is 14.6. The van der Waals surface area contributed by atoms with Gasteiger partial charge in [0, 0.05) is 32.7 Å². The van der Waals surface area contributed by atoms with Crippen LogP contribution in [0.1, 0.15) is 12.5 Å². The zero-order valence-corrected chi connectivity index (χ0v) is 15.2. The first kappa shape index (κ1) is 18.1. The number of piperazine rings is 1. The second-order valence-electron chi connectivity index (χ2n) is 5.08. The Kier molecular flexibility index (Phi) is 6.74. The molecule has 2 rings (SSSR count). The summed E-state index contributed by atoms with van der Waals surface area (Å²) in [5.74, 6) is 0. The van der Waals surface area contributed by atoms with Crippen molar-refractivity contribution in [2.24, 2.45) is 0 Å². The third-order valence-corrected chi connectivity index (χ3v) is 4.66. The van der Waals surface area contributed by atoms with Gasteiger partial charge in [0.15, 0.2) is 5.11 Å². The Morgan fingerprint density at radius 1 is 1.22 bits per heavy atom. The lowest BCUT2D eigenvalue weighted by Crippen LogP contribution is -2.53. The number of hydrogen-bond acceptors (Lipinski definition) is 3. The molecule has 1 aromatic rings. The number of benzene rings is 1. The maximum atomic E-state index is 11.7. The zero-order valence-electron chi connectivity index (χ0n) is 12.8. The quantitative estimate of drug-likeness (QED) is 0.822. The largest absolute Gasteiger partial charge is 0.450 e. The third kappa shape index (κ3) is 5.12. The molecule has 0 bridgehead atoms. The van der Waals surface area contributed by atoms with Crippen molar-refractivity contribution in [1.82, 2.24) is 15.1 Å². The number of ether oxygens (including phenoxy) is 1. The lowest BCUT2D eigenvalue weighted by molar-refractivity contribution is 0.0918. The molecule has 1 fully saturated rings. The van der Waals surface area contributed by atoms with Crippen molar-refractivity contribution in [3.8, 4) is 0 Å². The van der Waals surface area contributed by atoms with Gasteiger partial charge in [0.05, 0.1) is 16.7 Å². The van der Waals surface area contributed by atoms with E-state index in [-0.39, 0.29) is 6.09 Å². The summed E-state index contributed by atoms with van der Waals surface area (Å²) in [4.78, 5) is 15.4. The lowest BCUT2D eigenvalue weighted by Gasteiger charge is -2.35. The van der Waals surface area contributed by atoms with Crippen molar-refractivity contribution in [3.05, 3.63) is 33.8 Å². The molecule has 0 radical (unpaired) electrons. The van der Waals surface area contributed by atoms with E-state index in [1.807, 2.05) is 17.0 Å². The summed E-state index contributed by atoms with van der Waals surface area (Å²) >= 11 is 17.3. The van der Waals surface area contributed by atoms with Gasteiger partial charge in [-0.2, -0.15) is 0 Å². The first-order chi connectivity index (χ1) is 11.0. The highest BCUT2D eigenvalue weighted by molar-refractivity contribution is 7.80. The first-order valence-corrected chi connectivity index (χ1v) is 8.56. The maximum absolute atomic E-state index is 11.7. The molecule has 8 heteroatoms. The monoisotopic (exact) mass is 375 g/mol. The maximum Gasteiger partial charge on any atom is 0.409 e. The summed E-state index contributed by atoms with van der Waals surface area (Å²) in [7, 11) is 0. The van der Waals surface area contributed by atoms with E-state index >= 15 is 0 Å². The van der Waals surface area contributed by atoms with E-state index < -0.39 is 0 Å². The highest BCUT2D eigenvalue weighted by atomic mass is 35.5. The van der Waals surface area contributed by atoms with Crippen LogP contribution in [0, 0.1) is 0 Å². The molecule has 1 saturated heterocycles. The molecule has 1 heterocycles. The van der Waals surface area contributed by atoms with Crippen LogP contribution in [0.3, 0.4) is 0 Å². The van der Waals surface area contributed by atoms with Crippen LogP contribution in [-0.2, 0) is 11.3 Å². The van der Waals surface area contributed by atoms with Crippen LogP contribution in [0.5, 0.6) is 0 Å². The molecule has 5 nitrogen and oxygen atoms in total. The summed E-state index contributed by atoms with van der Waals surface area (Å²) in [5, 5.41) is 4.93. The molecule has 1 aliphatic rings. The molecule has 0 atom stereocenters. The average Bonchev–Trinajstić information content (AvgIpc) is 2.56. The molecular weight excluding hydrogens is 357 g/mol. The molecule has 0 aromatic heterocycles. The first-order valence-electron chi connectivity index (χ1n) is 7.39. The van der Waals surface area contributed by atoms with Gasteiger partial charge in [-0.15, -0.1) is 0 Å². The molecule has 0 unspecified atom stereocenters. The smallest absolute Gasteiger partial charge is 0.409 e. The topological polar surface area (TPSA) is 44.8 Å². The Labute approximate surface area is 151 Å². The van der Waals surface area contributed by atoms with Gasteiger partial charge < -0.3 is 19.9 Å². The SMILES string of the molecule is CCOC(=O)N1CCN(C(=S)NCc2ccc(Cl)c(Cl)c2)CC1. The molecular formula is C15H19Cl2N3O2S. The van der Waals surface area contributed by atoms with Gasteiger partial charge >= 0.3 is 6.09 Å². The molecule has 1 N–H and O–H groups in total. The number of nitrogens with one attached hydrogen (secondary N) is 1. The Bertz CT molecular complexity index is 578. The Morgan fingerprint density at radius 3 is 2.48 bits per heavy atom. The minimum absolute atomic E-state index is 0.262. The fraction of sp³-hybridized carbons (Fsp3) is 0.467. The van der Waals surface area contributed by atoms with E-state index in [9.17, 15) is 4.79 Å². The van der Waals surface area contributed by atoms with E-state index in [1.54, 1.807) is 17.9 Å². The summed E-state index contributed by atoms with van der Waals surface area (Å²) in [6.07, 6.45) is -0.262. The number of halogens is 2. The predicted octanol–water partition coefficient (Wildman–Crippen LogP) is 3.14. The predicted molar refractivity (Wildman–Crippen MR) is 96.1 cm³/mol. The van der Waals surface area contributed by atoms with Crippen molar-refractivity contribution in [2.75, 3.05) is 32.8 Å². The van der Waals surface area contributed by atoms with E-state index in [1.165, 1.54) is 0 Å². The second-order valence-corrected chi connectivity index (χ2v) is 6.28. The number of carbonyl (C=O) groups is 1. The number of carbonyl (C=O) groups excluding carboxylic acids is 1. The molecule has 126 valence electrons.